The van der Waals surface area contributed by atoms with Crippen molar-refractivity contribution in [2.45, 2.75) is 25.8 Å². The van der Waals surface area contributed by atoms with Gasteiger partial charge in [-0.1, -0.05) is 12.1 Å². The molecule has 0 saturated heterocycles. The molecule has 0 bridgehead atoms. The topological polar surface area (TPSA) is 29.1 Å². The zero-order valence-corrected chi connectivity index (χ0v) is 7.71. The minimum absolute atomic E-state index is 0.529. The van der Waals surface area contributed by atoms with Crippen LogP contribution in [0.15, 0.2) is 18.2 Å². The van der Waals surface area contributed by atoms with Crippen LogP contribution in [-0.4, -0.2) is 12.3 Å². The first-order valence-corrected chi connectivity index (χ1v) is 4.61. The van der Waals surface area contributed by atoms with Gasteiger partial charge >= 0.3 is 0 Å². The first kappa shape index (κ1) is 8.30. The van der Waals surface area contributed by atoms with Crippen molar-refractivity contribution in [3.8, 4) is 0 Å². The number of nitrogens with one attached hydrogen (secondary N) is 1. The van der Waals surface area contributed by atoms with E-state index in [1.54, 1.807) is 0 Å². The SMILES string of the molecule is CC1Cc2cc(CC=O)ccc2N1. The lowest BCUT2D eigenvalue weighted by Crippen LogP contribution is -2.08. The van der Waals surface area contributed by atoms with Crippen molar-refractivity contribution in [2.75, 3.05) is 5.32 Å². The van der Waals surface area contributed by atoms with Crippen LogP contribution in [0.3, 0.4) is 0 Å². The Hall–Kier alpha value is -1.31. The summed E-state index contributed by atoms with van der Waals surface area (Å²) in [5, 5.41) is 3.38. The summed E-state index contributed by atoms with van der Waals surface area (Å²) in [6.07, 6.45) is 2.55. The summed E-state index contributed by atoms with van der Waals surface area (Å²) in [7, 11) is 0. The van der Waals surface area contributed by atoms with Gasteiger partial charge in [-0.2, -0.15) is 0 Å². The van der Waals surface area contributed by atoms with E-state index in [-0.39, 0.29) is 0 Å². The second-order valence-corrected chi connectivity index (χ2v) is 3.61. The molecule has 2 heteroatoms. The molecule has 2 rings (SSSR count). The van der Waals surface area contributed by atoms with Crippen LogP contribution in [0.2, 0.25) is 0 Å². The fourth-order valence-corrected chi connectivity index (χ4v) is 1.83. The van der Waals surface area contributed by atoms with Crippen LogP contribution in [-0.2, 0) is 17.6 Å². The average molecular weight is 175 g/mol. The van der Waals surface area contributed by atoms with Gasteiger partial charge in [0.25, 0.3) is 0 Å². The highest BCUT2D eigenvalue weighted by Crippen LogP contribution is 2.26. The van der Waals surface area contributed by atoms with E-state index >= 15 is 0 Å². The lowest BCUT2D eigenvalue weighted by molar-refractivity contribution is -0.107. The predicted molar refractivity (Wildman–Crippen MR) is 53.0 cm³/mol. The molecule has 1 unspecified atom stereocenters. The third-order valence-electron chi connectivity index (χ3n) is 2.42. The third kappa shape index (κ3) is 1.57. The maximum atomic E-state index is 10.3. The summed E-state index contributed by atoms with van der Waals surface area (Å²) in [6, 6.07) is 6.73. The summed E-state index contributed by atoms with van der Waals surface area (Å²) >= 11 is 0. The molecule has 13 heavy (non-hydrogen) atoms. The van der Waals surface area contributed by atoms with E-state index in [9.17, 15) is 4.79 Å². The molecule has 0 saturated carbocycles. The van der Waals surface area contributed by atoms with Gasteiger partial charge < -0.3 is 10.1 Å². The number of hydrogen-bond acceptors (Lipinski definition) is 2. The van der Waals surface area contributed by atoms with Crippen molar-refractivity contribution < 1.29 is 4.79 Å². The van der Waals surface area contributed by atoms with Gasteiger partial charge in [-0.3, -0.25) is 0 Å². The summed E-state index contributed by atoms with van der Waals surface area (Å²) in [5.41, 5.74) is 3.68. The Morgan fingerprint density at radius 2 is 2.46 bits per heavy atom. The molecule has 0 amide bonds. The summed E-state index contributed by atoms with van der Waals surface area (Å²) in [6.45, 7) is 2.17. The van der Waals surface area contributed by atoms with Gasteiger partial charge in [-0.25, -0.2) is 0 Å². The molecule has 1 atom stereocenters. The summed E-state index contributed by atoms with van der Waals surface area (Å²) < 4.78 is 0. The van der Waals surface area contributed by atoms with Gasteiger partial charge in [-0.15, -0.1) is 0 Å². The van der Waals surface area contributed by atoms with Crippen molar-refractivity contribution in [3.63, 3.8) is 0 Å². The number of fused-ring (bicyclic) bond motifs is 1. The van der Waals surface area contributed by atoms with Gasteiger partial charge in [0.15, 0.2) is 0 Å². The Bertz CT molecular complexity index is 333. The normalized spacial score (nSPS) is 19.3. The van der Waals surface area contributed by atoms with Crippen molar-refractivity contribution in [1.82, 2.24) is 0 Å². The molecule has 1 aromatic carbocycles. The Labute approximate surface area is 78.0 Å². The number of carbonyl (C=O) groups excluding carboxylic acids is 1. The molecular weight excluding hydrogens is 162 g/mol. The number of hydrogen-bond donors (Lipinski definition) is 1. The minimum atomic E-state index is 0.529. The van der Waals surface area contributed by atoms with E-state index < -0.39 is 0 Å². The summed E-state index contributed by atoms with van der Waals surface area (Å²) in [5.74, 6) is 0. The fraction of sp³-hybridized carbons (Fsp3) is 0.364. The highest BCUT2D eigenvalue weighted by atomic mass is 16.1. The zero-order chi connectivity index (χ0) is 9.26. The Morgan fingerprint density at radius 3 is 3.23 bits per heavy atom. The number of carbonyl (C=O) groups is 1. The van der Waals surface area contributed by atoms with Crippen molar-refractivity contribution >= 4 is 12.0 Å². The highest BCUT2D eigenvalue weighted by Gasteiger charge is 2.15. The molecule has 1 heterocycles. The number of benzene rings is 1. The van der Waals surface area contributed by atoms with Gasteiger partial charge in [-0.05, 0) is 30.5 Å². The quantitative estimate of drug-likeness (QED) is 0.694. The second-order valence-electron chi connectivity index (χ2n) is 3.61. The van der Waals surface area contributed by atoms with Crippen molar-refractivity contribution in [1.29, 1.82) is 0 Å². The van der Waals surface area contributed by atoms with Crippen LogP contribution in [0.25, 0.3) is 0 Å². The van der Waals surface area contributed by atoms with Crippen molar-refractivity contribution in [3.05, 3.63) is 29.3 Å². The van der Waals surface area contributed by atoms with Crippen LogP contribution < -0.4 is 5.32 Å². The minimum Gasteiger partial charge on any atom is -0.382 e. The first-order chi connectivity index (χ1) is 6.29. The van der Waals surface area contributed by atoms with Gasteiger partial charge in [0.05, 0.1) is 0 Å². The van der Waals surface area contributed by atoms with E-state index in [2.05, 4.69) is 24.4 Å². The molecule has 68 valence electrons. The maximum absolute atomic E-state index is 10.3. The van der Waals surface area contributed by atoms with Crippen LogP contribution in [0.4, 0.5) is 5.69 Å². The highest BCUT2D eigenvalue weighted by molar-refractivity contribution is 5.61. The average Bonchev–Trinajstić information content (AvgIpc) is 2.44. The van der Waals surface area contributed by atoms with E-state index in [1.165, 1.54) is 11.3 Å². The number of aldehydes is 1. The lowest BCUT2D eigenvalue weighted by Gasteiger charge is -2.02. The molecule has 2 nitrogen and oxygen atoms in total. The van der Waals surface area contributed by atoms with E-state index in [0.717, 1.165) is 18.3 Å². The molecule has 1 aromatic rings. The molecule has 0 spiro atoms. The smallest absolute Gasteiger partial charge is 0.124 e. The Morgan fingerprint density at radius 1 is 1.62 bits per heavy atom. The van der Waals surface area contributed by atoms with Crippen LogP contribution >= 0.6 is 0 Å². The lowest BCUT2D eigenvalue weighted by atomic mass is 10.1. The second kappa shape index (κ2) is 3.21. The van der Waals surface area contributed by atoms with Gasteiger partial charge in [0.2, 0.25) is 0 Å². The largest absolute Gasteiger partial charge is 0.382 e. The molecular formula is C11H13NO. The molecule has 0 aliphatic carbocycles. The van der Waals surface area contributed by atoms with E-state index in [0.29, 0.717) is 12.5 Å². The molecule has 1 aliphatic heterocycles. The number of rotatable bonds is 2. The summed E-state index contributed by atoms with van der Waals surface area (Å²) in [4.78, 5) is 10.3. The molecule has 0 aromatic heterocycles. The molecule has 1 N–H and O–H groups in total. The molecule has 1 aliphatic rings. The zero-order valence-electron chi connectivity index (χ0n) is 7.71. The Balaban J connectivity index is 2.29. The van der Waals surface area contributed by atoms with Crippen LogP contribution in [0.1, 0.15) is 18.1 Å². The standard InChI is InChI=1S/C11H13NO/c1-8-6-10-7-9(4-5-13)2-3-11(10)12-8/h2-3,5,7-8,12H,4,6H2,1H3. The first-order valence-electron chi connectivity index (χ1n) is 4.61. The van der Waals surface area contributed by atoms with Gasteiger partial charge in [0, 0.05) is 18.2 Å². The van der Waals surface area contributed by atoms with Crippen LogP contribution in [0.5, 0.6) is 0 Å². The monoisotopic (exact) mass is 175 g/mol. The molecule has 0 fully saturated rings. The Kier molecular flexibility index (Phi) is 2.05. The molecule has 0 radical (unpaired) electrons. The van der Waals surface area contributed by atoms with Gasteiger partial charge in [0.1, 0.15) is 6.29 Å². The van der Waals surface area contributed by atoms with E-state index in [1.807, 2.05) is 6.07 Å². The van der Waals surface area contributed by atoms with E-state index in [4.69, 9.17) is 0 Å². The maximum Gasteiger partial charge on any atom is 0.124 e. The predicted octanol–water partition coefficient (Wildman–Crippen LogP) is 1.78. The van der Waals surface area contributed by atoms with Crippen molar-refractivity contribution in [2.24, 2.45) is 0 Å². The third-order valence-corrected chi connectivity index (χ3v) is 2.42. The number of anilines is 1. The van der Waals surface area contributed by atoms with Crippen LogP contribution in [0, 0.1) is 0 Å². The fourth-order valence-electron chi connectivity index (χ4n) is 1.83.